The molecular weight excluding hydrogens is 164 g/mol. The molecular formula is C7H6O5. The minimum absolute atomic E-state index is 0.416. The molecule has 0 aromatic rings. The van der Waals surface area contributed by atoms with Gasteiger partial charge in [-0.2, -0.15) is 0 Å². The van der Waals surface area contributed by atoms with Crippen molar-refractivity contribution in [3.8, 4) is 0 Å². The fraction of sp³-hybridized carbons (Fsp3) is 0.286. The maximum atomic E-state index is 10.8. The molecule has 0 spiro atoms. The lowest BCUT2D eigenvalue weighted by Crippen LogP contribution is -2.25. The number of rotatable bonds is 1. The van der Waals surface area contributed by atoms with Crippen LogP contribution in [0.3, 0.4) is 0 Å². The molecule has 1 N–H and O–H groups in total. The molecule has 1 aliphatic heterocycles. The summed E-state index contributed by atoms with van der Waals surface area (Å²) in [5, 5.41) is 9.02. The highest BCUT2D eigenvalue weighted by atomic mass is 16.6. The van der Waals surface area contributed by atoms with Gasteiger partial charge in [0.2, 0.25) is 0 Å². The Kier molecular flexibility index (Phi) is 1.95. The van der Waals surface area contributed by atoms with Crippen molar-refractivity contribution in [3.05, 3.63) is 11.3 Å². The number of cyclic esters (lactones) is 2. The molecule has 0 aliphatic carbocycles. The Labute approximate surface area is 67.6 Å². The van der Waals surface area contributed by atoms with E-state index < -0.39 is 35.5 Å². The standard InChI is InChI=1S/C7H6O5/c1-3(8)6-4(9)2-5(10)12-7(6)11/h9H,2H2,1H3. The van der Waals surface area contributed by atoms with Gasteiger partial charge in [-0.05, 0) is 6.92 Å². The third kappa shape index (κ3) is 1.34. The monoisotopic (exact) mass is 170 g/mol. The molecule has 0 atom stereocenters. The summed E-state index contributed by atoms with van der Waals surface area (Å²) in [5.74, 6) is -3.03. The average molecular weight is 170 g/mol. The van der Waals surface area contributed by atoms with Crippen LogP contribution in [0, 0.1) is 0 Å². The second kappa shape index (κ2) is 2.77. The summed E-state index contributed by atoms with van der Waals surface area (Å²) in [6, 6.07) is 0. The second-order valence-corrected chi connectivity index (χ2v) is 2.32. The molecule has 0 saturated heterocycles. The van der Waals surface area contributed by atoms with Gasteiger partial charge in [0.1, 0.15) is 17.8 Å². The van der Waals surface area contributed by atoms with Crippen molar-refractivity contribution in [2.45, 2.75) is 13.3 Å². The van der Waals surface area contributed by atoms with Gasteiger partial charge in [-0.3, -0.25) is 9.59 Å². The zero-order valence-electron chi connectivity index (χ0n) is 6.29. The Morgan fingerprint density at radius 1 is 1.50 bits per heavy atom. The highest BCUT2D eigenvalue weighted by Gasteiger charge is 2.30. The van der Waals surface area contributed by atoms with Crippen LogP contribution in [-0.2, 0) is 19.1 Å². The molecule has 1 heterocycles. The van der Waals surface area contributed by atoms with Crippen molar-refractivity contribution in [2.24, 2.45) is 0 Å². The summed E-state index contributed by atoms with van der Waals surface area (Å²) >= 11 is 0. The van der Waals surface area contributed by atoms with Gasteiger partial charge in [-0.1, -0.05) is 0 Å². The summed E-state index contributed by atoms with van der Waals surface area (Å²) in [7, 11) is 0. The van der Waals surface area contributed by atoms with Gasteiger partial charge in [0.25, 0.3) is 0 Å². The number of esters is 2. The minimum atomic E-state index is -1.07. The predicted molar refractivity (Wildman–Crippen MR) is 36.1 cm³/mol. The van der Waals surface area contributed by atoms with Gasteiger partial charge in [0, 0.05) is 0 Å². The summed E-state index contributed by atoms with van der Waals surface area (Å²) in [4.78, 5) is 32.0. The normalized spacial score (nSPS) is 17.8. The topological polar surface area (TPSA) is 80.7 Å². The van der Waals surface area contributed by atoms with Crippen molar-refractivity contribution in [3.63, 3.8) is 0 Å². The molecule has 0 unspecified atom stereocenters. The number of carbonyl (C=O) groups excluding carboxylic acids is 3. The lowest BCUT2D eigenvalue weighted by atomic mass is 10.1. The molecule has 12 heavy (non-hydrogen) atoms. The molecule has 0 aromatic heterocycles. The summed E-state index contributed by atoms with van der Waals surface area (Å²) in [6.45, 7) is 1.11. The largest absolute Gasteiger partial charge is 0.511 e. The first kappa shape index (κ1) is 8.45. The van der Waals surface area contributed by atoms with Crippen molar-refractivity contribution in [1.82, 2.24) is 0 Å². The van der Waals surface area contributed by atoms with E-state index in [1.54, 1.807) is 0 Å². The summed E-state index contributed by atoms with van der Waals surface area (Å²) in [6.07, 6.45) is -0.416. The van der Waals surface area contributed by atoms with Crippen molar-refractivity contribution >= 4 is 17.7 Å². The van der Waals surface area contributed by atoms with Gasteiger partial charge in [-0.25, -0.2) is 4.79 Å². The lowest BCUT2D eigenvalue weighted by molar-refractivity contribution is -0.158. The zero-order chi connectivity index (χ0) is 9.30. The van der Waals surface area contributed by atoms with Crippen LogP contribution in [0.15, 0.2) is 11.3 Å². The van der Waals surface area contributed by atoms with Crippen molar-refractivity contribution in [1.29, 1.82) is 0 Å². The molecule has 5 heteroatoms. The van der Waals surface area contributed by atoms with Gasteiger partial charge < -0.3 is 9.84 Å². The van der Waals surface area contributed by atoms with E-state index in [1.165, 1.54) is 0 Å². The fourth-order valence-corrected chi connectivity index (χ4v) is 0.880. The van der Waals surface area contributed by atoms with Gasteiger partial charge in [-0.15, -0.1) is 0 Å². The smallest absolute Gasteiger partial charge is 0.352 e. The molecule has 5 nitrogen and oxygen atoms in total. The van der Waals surface area contributed by atoms with Crippen molar-refractivity contribution < 1.29 is 24.2 Å². The highest BCUT2D eigenvalue weighted by Crippen LogP contribution is 2.15. The fourth-order valence-electron chi connectivity index (χ4n) is 0.880. The van der Waals surface area contributed by atoms with Crippen LogP contribution in [0.5, 0.6) is 0 Å². The number of aliphatic hydroxyl groups is 1. The van der Waals surface area contributed by atoms with Crippen LogP contribution in [0.2, 0.25) is 0 Å². The average Bonchev–Trinajstić information content (AvgIpc) is 1.82. The molecule has 0 radical (unpaired) electrons. The van der Waals surface area contributed by atoms with Crippen LogP contribution in [0.4, 0.5) is 0 Å². The van der Waals surface area contributed by atoms with Crippen LogP contribution >= 0.6 is 0 Å². The van der Waals surface area contributed by atoms with Gasteiger partial charge in [0.15, 0.2) is 5.78 Å². The Bertz CT molecular complexity index is 299. The first-order chi connectivity index (χ1) is 5.52. The molecule has 1 rings (SSSR count). The molecule has 0 amide bonds. The third-order valence-electron chi connectivity index (χ3n) is 1.36. The Hall–Kier alpha value is -1.65. The van der Waals surface area contributed by atoms with E-state index in [-0.39, 0.29) is 0 Å². The Balaban J connectivity index is 3.09. The summed E-state index contributed by atoms with van der Waals surface area (Å²) in [5.41, 5.74) is -0.436. The van der Waals surface area contributed by atoms with E-state index in [2.05, 4.69) is 4.74 Å². The number of aliphatic hydroxyl groups excluding tert-OH is 1. The Morgan fingerprint density at radius 2 is 2.08 bits per heavy atom. The highest BCUT2D eigenvalue weighted by molar-refractivity contribution is 6.20. The molecule has 0 saturated carbocycles. The minimum Gasteiger partial charge on any atom is -0.511 e. The van der Waals surface area contributed by atoms with Crippen LogP contribution < -0.4 is 0 Å². The van der Waals surface area contributed by atoms with Crippen molar-refractivity contribution in [2.75, 3.05) is 0 Å². The number of ether oxygens (including phenoxy) is 1. The third-order valence-corrected chi connectivity index (χ3v) is 1.36. The molecule has 0 fully saturated rings. The first-order valence-corrected chi connectivity index (χ1v) is 3.20. The first-order valence-electron chi connectivity index (χ1n) is 3.20. The number of Topliss-reactive ketones (excluding diaryl/α,β-unsaturated/α-hetero) is 1. The van der Waals surface area contributed by atoms with Gasteiger partial charge >= 0.3 is 11.9 Å². The van der Waals surface area contributed by atoms with E-state index in [4.69, 9.17) is 5.11 Å². The molecule has 0 aromatic carbocycles. The number of carbonyl (C=O) groups is 3. The maximum Gasteiger partial charge on any atom is 0.352 e. The van der Waals surface area contributed by atoms with E-state index in [0.29, 0.717) is 0 Å². The van der Waals surface area contributed by atoms with E-state index >= 15 is 0 Å². The lowest BCUT2D eigenvalue weighted by Gasteiger charge is -2.11. The maximum absolute atomic E-state index is 10.8. The number of ketones is 1. The summed E-state index contributed by atoms with van der Waals surface area (Å²) < 4.78 is 4.11. The van der Waals surface area contributed by atoms with Crippen LogP contribution in [0.25, 0.3) is 0 Å². The molecule has 1 aliphatic rings. The Morgan fingerprint density at radius 3 is 2.50 bits per heavy atom. The van der Waals surface area contributed by atoms with Crippen LogP contribution in [-0.4, -0.2) is 22.8 Å². The number of hydrogen-bond acceptors (Lipinski definition) is 5. The van der Waals surface area contributed by atoms with E-state index in [0.717, 1.165) is 6.92 Å². The second-order valence-electron chi connectivity index (χ2n) is 2.32. The zero-order valence-corrected chi connectivity index (χ0v) is 6.29. The number of hydrogen-bond donors (Lipinski definition) is 1. The quantitative estimate of drug-likeness (QED) is 0.336. The van der Waals surface area contributed by atoms with Gasteiger partial charge in [0.05, 0.1) is 0 Å². The molecule has 0 bridgehead atoms. The predicted octanol–water partition coefficient (Wildman–Crippen LogP) is -0.139. The molecule has 64 valence electrons. The SMILES string of the molecule is CC(=O)C1=C(O)CC(=O)OC1=O. The van der Waals surface area contributed by atoms with E-state index in [1.807, 2.05) is 0 Å². The van der Waals surface area contributed by atoms with E-state index in [9.17, 15) is 14.4 Å². The van der Waals surface area contributed by atoms with Crippen LogP contribution in [0.1, 0.15) is 13.3 Å².